The Morgan fingerprint density at radius 2 is 1.86 bits per heavy atom. The van der Waals surface area contributed by atoms with Gasteiger partial charge in [-0.1, -0.05) is 0 Å². The van der Waals surface area contributed by atoms with E-state index in [0.29, 0.717) is 11.3 Å². The van der Waals surface area contributed by atoms with Crippen LogP contribution in [0.3, 0.4) is 0 Å². The van der Waals surface area contributed by atoms with Gasteiger partial charge in [0.2, 0.25) is 10.0 Å². The summed E-state index contributed by atoms with van der Waals surface area (Å²) in [5.74, 6) is 0.644. The van der Waals surface area contributed by atoms with Gasteiger partial charge < -0.3 is 9.30 Å². The third kappa shape index (κ3) is 3.18. The Morgan fingerprint density at radius 3 is 2.36 bits per heavy atom. The lowest BCUT2D eigenvalue weighted by atomic mass is 10.2. The van der Waals surface area contributed by atoms with E-state index in [1.807, 2.05) is 31.5 Å². The zero-order chi connectivity index (χ0) is 16.5. The molecular weight excluding hydrogens is 300 g/mol. The Labute approximate surface area is 132 Å². The van der Waals surface area contributed by atoms with Crippen molar-refractivity contribution in [2.75, 3.05) is 7.11 Å². The Hall–Kier alpha value is -1.79. The fraction of sp³-hybridized carbons (Fsp3) is 0.375. The minimum Gasteiger partial charge on any atom is -0.497 e. The molecule has 0 aliphatic rings. The average Bonchev–Trinajstić information content (AvgIpc) is 2.72. The van der Waals surface area contributed by atoms with Gasteiger partial charge in [0.1, 0.15) is 5.75 Å². The van der Waals surface area contributed by atoms with Crippen LogP contribution >= 0.6 is 0 Å². The number of aryl methyl sites for hydroxylation is 2. The van der Waals surface area contributed by atoms with Crippen molar-refractivity contribution in [1.82, 2.24) is 9.29 Å². The molecule has 0 saturated heterocycles. The molecule has 0 fully saturated rings. The van der Waals surface area contributed by atoms with Gasteiger partial charge in [0.05, 0.1) is 12.0 Å². The second-order valence-corrected chi connectivity index (χ2v) is 7.15. The first-order chi connectivity index (χ1) is 10.3. The van der Waals surface area contributed by atoms with Gasteiger partial charge in [0, 0.05) is 25.0 Å². The van der Waals surface area contributed by atoms with E-state index < -0.39 is 10.0 Å². The minimum absolute atomic E-state index is 0.276. The molecule has 120 valence electrons. The van der Waals surface area contributed by atoms with Crippen LogP contribution in [-0.4, -0.2) is 20.1 Å². The van der Waals surface area contributed by atoms with Crippen LogP contribution in [0.25, 0.3) is 0 Å². The maximum Gasteiger partial charge on any atom is 0.241 e. The Balaban J connectivity index is 2.23. The number of nitrogens with zero attached hydrogens (tertiary/aromatic N) is 1. The summed E-state index contributed by atoms with van der Waals surface area (Å²) in [4.78, 5) is 0.276. The molecule has 6 heteroatoms. The van der Waals surface area contributed by atoms with Crippen LogP contribution in [0.1, 0.15) is 22.5 Å². The third-order valence-electron chi connectivity index (χ3n) is 4.00. The molecule has 2 rings (SSSR count). The van der Waals surface area contributed by atoms with Gasteiger partial charge in [-0.25, -0.2) is 13.1 Å². The van der Waals surface area contributed by atoms with Gasteiger partial charge >= 0.3 is 0 Å². The highest BCUT2D eigenvalue weighted by Gasteiger charge is 2.18. The molecule has 1 aromatic carbocycles. The maximum absolute atomic E-state index is 12.5. The molecule has 0 saturated carbocycles. The largest absolute Gasteiger partial charge is 0.497 e. The molecule has 1 aromatic heterocycles. The fourth-order valence-corrected chi connectivity index (χ4v) is 3.64. The van der Waals surface area contributed by atoms with Crippen LogP contribution in [0.15, 0.2) is 29.2 Å². The molecule has 1 N–H and O–H groups in total. The summed E-state index contributed by atoms with van der Waals surface area (Å²) in [5, 5.41) is 0. The maximum atomic E-state index is 12.5. The van der Waals surface area contributed by atoms with Gasteiger partial charge in [-0.15, -0.1) is 0 Å². The first-order valence-corrected chi connectivity index (χ1v) is 8.50. The van der Waals surface area contributed by atoms with Gasteiger partial charge in [-0.05, 0) is 56.2 Å². The molecule has 0 bridgehead atoms. The zero-order valence-electron chi connectivity index (χ0n) is 13.6. The average molecular weight is 322 g/mol. The number of hydrogen-bond acceptors (Lipinski definition) is 3. The van der Waals surface area contributed by atoms with E-state index in [2.05, 4.69) is 4.72 Å². The third-order valence-corrected chi connectivity index (χ3v) is 5.57. The van der Waals surface area contributed by atoms with Crippen LogP contribution in [0.4, 0.5) is 0 Å². The van der Waals surface area contributed by atoms with E-state index in [0.717, 1.165) is 17.0 Å². The highest BCUT2D eigenvalue weighted by atomic mass is 32.2. The van der Waals surface area contributed by atoms with Crippen molar-refractivity contribution < 1.29 is 13.2 Å². The van der Waals surface area contributed by atoms with Crippen molar-refractivity contribution in [3.8, 4) is 5.75 Å². The fourth-order valence-electron chi connectivity index (χ4n) is 2.41. The monoisotopic (exact) mass is 322 g/mol. The first kappa shape index (κ1) is 16.6. The molecule has 0 atom stereocenters. The van der Waals surface area contributed by atoms with Crippen molar-refractivity contribution in [1.29, 1.82) is 0 Å². The normalized spacial score (nSPS) is 11.7. The number of aromatic nitrogens is 1. The van der Waals surface area contributed by atoms with Crippen LogP contribution in [0.5, 0.6) is 5.75 Å². The van der Waals surface area contributed by atoms with Gasteiger partial charge in [-0.3, -0.25) is 0 Å². The number of ether oxygens (including phenoxy) is 1. The second-order valence-electron chi connectivity index (χ2n) is 5.41. The molecule has 0 amide bonds. The number of rotatable bonds is 5. The molecule has 0 radical (unpaired) electrons. The van der Waals surface area contributed by atoms with E-state index >= 15 is 0 Å². The molecule has 5 nitrogen and oxygen atoms in total. The molecule has 1 heterocycles. The molecule has 0 aliphatic carbocycles. The molecule has 0 spiro atoms. The highest BCUT2D eigenvalue weighted by molar-refractivity contribution is 7.89. The summed E-state index contributed by atoms with van der Waals surface area (Å²) >= 11 is 0. The first-order valence-electron chi connectivity index (χ1n) is 7.02. The van der Waals surface area contributed by atoms with Gasteiger partial charge in [-0.2, -0.15) is 0 Å². The van der Waals surface area contributed by atoms with E-state index in [-0.39, 0.29) is 11.4 Å². The quantitative estimate of drug-likeness (QED) is 0.920. The molecule has 22 heavy (non-hydrogen) atoms. The zero-order valence-corrected chi connectivity index (χ0v) is 14.4. The lowest BCUT2D eigenvalue weighted by Gasteiger charge is -2.10. The number of sulfonamides is 1. The predicted molar refractivity (Wildman–Crippen MR) is 86.6 cm³/mol. The summed E-state index contributed by atoms with van der Waals surface area (Å²) in [6.07, 6.45) is 0. The van der Waals surface area contributed by atoms with E-state index in [1.165, 1.54) is 0 Å². The van der Waals surface area contributed by atoms with Crippen molar-refractivity contribution >= 4 is 10.0 Å². The smallest absolute Gasteiger partial charge is 0.241 e. The van der Waals surface area contributed by atoms with Crippen molar-refractivity contribution in [2.24, 2.45) is 7.05 Å². The summed E-state index contributed by atoms with van der Waals surface area (Å²) in [7, 11) is -0.0235. The molecule has 0 aliphatic heterocycles. The van der Waals surface area contributed by atoms with Crippen LogP contribution in [0, 0.1) is 20.8 Å². The summed E-state index contributed by atoms with van der Waals surface area (Å²) in [6.45, 7) is 6.02. The van der Waals surface area contributed by atoms with E-state index in [1.54, 1.807) is 32.2 Å². The van der Waals surface area contributed by atoms with Crippen LogP contribution in [0.2, 0.25) is 0 Å². The summed E-state index contributed by atoms with van der Waals surface area (Å²) < 4.78 is 34.8. The van der Waals surface area contributed by atoms with Gasteiger partial charge in [0.15, 0.2) is 0 Å². The topological polar surface area (TPSA) is 60.3 Å². The van der Waals surface area contributed by atoms with Crippen molar-refractivity contribution in [3.05, 3.63) is 46.8 Å². The lowest BCUT2D eigenvalue weighted by molar-refractivity contribution is 0.414. The minimum atomic E-state index is -3.55. The van der Waals surface area contributed by atoms with Gasteiger partial charge in [0.25, 0.3) is 0 Å². The second kappa shape index (κ2) is 6.14. The van der Waals surface area contributed by atoms with E-state index in [4.69, 9.17) is 4.74 Å². The number of hydrogen-bond donors (Lipinski definition) is 1. The number of nitrogens with one attached hydrogen (secondary N) is 1. The Bertz CT molecular complexity index is 792. The van der Waals surface area contributed by atoms with Crippen molar-refractivity contribution in [3.63, 3.8) is 0 Å². The Kier molecular flexibility index (Phi) is 4.63. The summed E-state index contributed by atoms with van der Waals surface area (Å²) in [6, 6.07) is 6.93. The summed E-state index contributed by atoms with van der Waals surface area (Å²) in [5.41, 5.74) is 3.81. The molecule has 0 unspecified atom stereocenters. The lowest BCUT2D eigenvalue weighted by Crippen LogP contribution is -2.24. The van der Waals surface area contributed by atoms with Crippen molar-refractivity contribution in [2.45, 2.75) is 32.2 Å². The standard InChI is InChI=1S/C16H22N2O3S/c1-11-8-15(21-5)6-7-16(11)22(19,20)17-10-14-9-12(2)18(4)13(14)3/h6-9,17H,10H2,1-5H3. The van der Waals surface area contributed by atoms with Crippen LogP contribution < -0.4 is 9.46 Å². The highest BCUT2D eigenvalue weighted by Crippen LogP contribution is 2.21. The van der Waals surface area contributed by atoms with E-state index in [9.17, 15) is 8.42 Å². The Morgan fingerprint density at radius 1 is 1.18 bits per heavy atom. The van der Waals surface area contributed by atoms with Crippen LogP contribution in [-0.2, 0) is 23.6 Å². The molecular formula is C16H22N2O3S. The predicted octanol–water partition coefficient (Wildman–Crippen LogP) is 2.44. The number of benzene rings is 1. The molecule has 2 aromatic rings. The number of methoxy groups -OCH3 is 1. The SMILES string of the molecule is COc1ccc(S(=O)(=O)NCc2cc(C)n(C)c2C)c(C)c1.